The van der Waals surface area contributed by atoms with E-state index in [9.17, 15) is 0 Å². The van der Waals surface area contributed by atoms with Gasteiger partial charge < -0.3 is 10.6 Å². The minimum Gasteiger partial charge on any atom is -0.384 e. The molecule has 0 aliphatic carbocycles. The summed E-state index contributed by atoms with van der Waals surface area (Å²) in [4.78, 5) is 2.20. The molecule has 0 unspecified atom stereocenters. The van der Waals surface area contributed by atoms with Crippen molar-refractivity contribution in [3.63, 3.8) is 0 Å². The number of nitrogens with two attached hydrogens (primary N) is 1. The summed E-state index contributed by atoms with van der Waals surface area (Å²) in [5, 5.41) is 7.37. The van der Waals surface area contributed by atoms with E-state index >= 15 is 0 Å². The SMILES string of the molecule is Cc1ccc(N(C)Cc2ccc(C(=N)N)cc2)cc1. The maximum absolute atomic E-state index is 7.37. The monoisotopic (exact) mass is 253 g/mol. The lowest BCUT2D eigenvalue weighted by atomic mass is 10.1. The third-order valence-corrected chi connectivity index (χ3v) is 3.16. The Morgan fingerprint density at radius 3 is 2.16 bits per heavy atom. The molecule has 0 bridgehead atoms. The van der Waals surface area contributed by atoms with Crippen LogP contribution < -0.4 is 10.6 Å². The highest BCUT2D eigenvalue weighted by Gasteiger charge is 2.02. The van der Waals surface area contributed by atoms with Crippen LogP contribution in [-0.2, 0) is 6.54 Å². The molecule has 0 aliphatic heterocycles. The summed E-state index contributed by atoms with van der Waals surface area (Å²) in [6.07, 6.45) is 0. The van der Waals surface area contributed by atoms with E-state index in [1.54, 1.807) is 0 Å². The number of benzene rings is 2. The molecule has 0 aromatic heterocycles. The summed E-state index contributed by atoms with van der Waals surface area (Å²) < 4.78 is 0. The predicted molar refractivity (Wildman–Crippen MR) is 80.7 cm³/mol. The van der Waals surface area contributed by atoms with Gasteiger partial charge in [-0.15, -0.1) is 0 Å². The Kier molecular flexibility index (Phi) is 3.85. The fraction of sp³-hybridized carbons (Fsp3) is 0.188. The standard InChI is InChI=1S/C16H19N3/c1-12-3-9-15(10-4-12)19(2)11-13-5-7-14(8-6-13)16(17)18/h3-10H,11H2,1-2H3,(H3,17,18). The molecule has 2 aromatic carbocycles. The summed E-state index contributed by atoms with van der Waals surface area (Å²) in [6, 6.07) is 16.3. The van der Waals surface area contributed by atoms with E-state index < -0.39 is 0 Å². The molecule has 3 heteroatoms. The molecule has 0 atom stereocenters. The van der Waals surface area contributed by atoms with Crippen LogP contribution in [0.4, 0.5) is 5.69 Å². The lowest BCUT2D eigenvalue weighted by Crippen LogP contribution is -2.16. The molecule has 3 N–H and O–H groups in total. The second-order valence-electron chi connectivity index (χ2n) is 4.80. The van der Waals surface area contributed by atoms with Crippen molar-refractivity contribution in [3.8, 4) is 0 Å². The smallest absolute Gasteiger partial charge is 0.122 e. The van der Waals surface area contributed by atoms with Gasteiger partial charge in [0, 0.05) is 24.8 Å². The molecule has 0 aliphatic rings. The number of amidine groups is 1. The van der Waals surface area contributed by atoms with Gasteiger partial charge in [-0.25, -0.2) is 0 Å². The van der Waals surface area contributed by atoms with Gasteiger partial charge in [0.25, 0.3) is 0 Å². The summed E-state index contributed by atoms with van der Waals surface area (Å²) in [5.41, 5.74) is 9.87. The van der Waals surface area contributed by atoms with Crippen LogP contribution in [-0.4, -0.2) is 12.9 Å². The van der Waals surface area contributed by atoms with Gasteiger partial charge in [0.15, 0.2) is 0 Å². The van der Waals surface area contributed by atoms with Gasteiger partial charge in [-0.05, 0) is 24.6 Å². The lowest BCUT2D eigenvalue weighted by molar-refractivity contribution is 0.922. The van der Waals surface area contributed by atoms with Crippen LogP contribution in [0.3, 0.4) is 0 Å². The Balaban J connectivity index is 2.08. The third kappa shape index (κ3) is 3.35. The van der Waals surface area contributed by atoms with Crippen molar-refractivity contribution in [2.24, 2.45) is 5.73 Å². The van der Waals surface area contributed by atoms with Crippen LogP contribution in [0.15, 0.2) is 48.5 Å². The number of hydrogen-bond acceptors (Lipinski definition) is 2. The van der Waals surface area contributed by atoms with Gasteiger partial charge in [0.05, 0.1) is 0 Å². The predicted octanol–water partition coefficient (Wildman–Crippen LogP) is 2.92. The summed E-state index contributed by atoms with van der Waals surface area (Å²) in [5.74, 6) is 0.110. The van der Waals surface area contributed by atoms with Crippen molar-refractivity contribution in [2.75, 3.05) is 11.9 Å². The molecule has 19 heavy (non-hydrogen) atoms. The van der Waals surface area contributed by atoms with Crippen LogP contribution in [0.5, 0.6) is 0 Å². The van der Waals surface area contributed by atoms with E-state index in [-0.39, 0.29) is 5.84 Å². The molecule has 0 saturated carbocycles. The number of nitrogen functional groups attached to an aromatic ring is 1. The first-order valence-corrected chi connectivity index (χ1v) is 6.27. The largest absolute Gasteiger partial charge is 0.384 e. The number of nitrogens with one attached hydrogen (secondary N) is 1. The summed E-state index contributed by atoms with van der Waals surface area (Å²) >= 11 is 0. The Morgan fingerprint density at radius 1 is 1.05 bits per heavy atom. The first-order chi connectivity index (χ1) is 9.06. The Hall–Kier alpha value is -2.29. The van der Waals surface area contributed by atoms with Crippen LogP contribution in [0.25, 0.3) is 0 Å². The molecule has 2 rings (SSSR count). The molecule has 0 radical (unpaired) electrons. The quantitative estimate of drug-likeness (QED) is 0.650. The van der Waals surface area contributed by atoms with Gasteiger partial charge in [0.2, 0.25) is 0 Å². The van der Waals surface area contributed by atoms with E-state index in [1.165, 1.54) is 16.8 Å². The highest BCUT2D eigenvalue weighted by Crippen LogP contribution is 2.16. The topological polar surface area (TPSA) is 53.1 Å². The van der Waals surface area contributed by atoms with Crippen molar-refractivity contribution in [2.45, 2.75) is 13.5 Å². The fourth-order valence-corrected chi connectivity index (χ4v) is 1.95. The highest BCUT2D eigenvalue weighted by molar-refractivity contribution is 5.94. The number of aryl methyl sites for hydroxylation is 1. The molecule has 0 spiro atoms. The summed E-state index contributed by atoms with van der Waals surface area (Å²) in [6.45, 7) is 2.92. The third-order valence-electron chi connectivity index (χ3n) is 3.16. The van der Waals surface area contributed by atoms with E-state index in [2.05, 4.69) is 43.1 Å². The molecular weight excluding hydrogens is 234 g/mol. The van der Waals surface area contributed by atoms with Gasteiger partial charge in [-0.2, -0.15) is 0 Å². The van der Waals surface area contributed by atoms with E-state index in [0.29, 0.717) is 0 Å². The van der Waals surface area contributed by atoms with Gasteiger partial charge in [0.1, 0.15) is 5.84 Å². The number of nitrogens with zero attached hydrogens (tertiary/aromatic N) is 1. The van der Waals surface area contributed by atoms with Crippen molar-refractivity contribution in [1.82, 2.24) is 0 Å². The molecule has 0 amide bonds. The van der Waals surface area contributed by atoms with E-state index in [1.807, 2.05) is 24.3 Å². The second kappa shape index (κ2) is 5.57. The molecule has 0 heterocycles. The first kappa shape index (κ1) is 13.1. The Labute approximate surface area is 114 Å². The van der Waals surface area contributed by atoms with Crippen LogP contribution in [0.1, 0.15) is 16.7 Å². The van der Waals surface area contributed by atoms with Crippen molar-refractivity contribution in [1.29, 1.82) is 5.41 Å². The zero-order valence-corrected chi connectivity index (χ0v) is 11.4. The minimum absolute atomic E-state index is 0.110. The maximum atomic E-state index is 7.37. The zero-order valence-electron chi connectivity index (χ0n) is 11.4. The molecule has 3 nitrogen and oxygen atoms in total. The Bertz CT molecular complexity index is 556. The van der Waals surface area contributed by atoms with Gasteiger partial charge in [-0.1, -0.05) is 42.0 Å². The molecule has 0 fully saturated rings. The highest BCUT2D eigenvalue weighted by atomic mass is 15.1. The maximum Gasteiger partial charge on any atom is 0.122 e. The van der Waals surface area contributed by atoms with E-state index in [0.717, 1.165) is 12.1 Å². The normalized spacial score (nSPS) is 10.2. The number of hydrogen-bond donors (Lipinski definition) is 2. The molecule has 98 valence electrons. The number of anilines is 1. The molecular formula is C16H19N3. The second-order valence-corrected chi connectivity index (χ2v) is 4.80. The van der Waals surface area contributed by atoms with Crippen LogP contribution in [0, 0.1) is 12.3 Å². The van der Waals surface area contributed by atoms with E-state index in [4.69, 9.17) is 11.1 Å². The van der Waals surface area contributed by atoms with Gasteiger partial charge in [-0.3, -0.25) is 5.41 Å². The summed E-state index contributed by atoms with van der Waals surface area (Å²) in [7, 11) is 2.07. The average molecular weight is 253 g/mol. The molecule has 0 saturated heterocycles. The zero-order chi connectivity index (χ0) is 13.8. The minimum atomic E-state index is 0.110. The van der Waals surface area contributed by atoms with Crippen LogP contribution >= 0.6 is 0 Å². The van der Waals surface area contributed by atoms with Crippen molar-refractivity contribution in [3.05, 3.63) is 65.2 Å². The van der Waals surface area contributed by atoms with Crippen molar-refractivity contribution < 1.29 is 0 Å². The number of rotatable bonds is 4. The Morgan fingerprint density at radius 2 is 1.63 bits per heavy atom. The van der Waals surface area contributed by atoms with Gasteiger partial charge >= 0.3 is 0 Å². The fourth-order valence-electron chi connectivity index (χ4n) is 1.95. The average Bonchev–Trinajstić information content (AvgIpc) is 2.40. The lowest BCUT2D eigenvalue weighted by Gasteiger charge is -2.19. The van der Waals surface area contributed by atoms with Crippen molar-refractivity contribution >= 4 is 11.5 Å². The van der Waals surface area contributed by atoms with Crippen LogP contribution in [0.2, 0.25) is 0 Å². The molecule has 2 aromatic rings. The first-order valence-electron chi connectivity index (χ1n) is 6.27.